The number of aliphatic hydroxyl groups is 2. The maximum absolute atomic E-state index is 12.7. The fraction of sp³-hybridized carbons (Fsp3) is 0.500. The lowest BCUT2D eigenvalue weighted by atomic mass is 9.63. The highest BCUT2D eigenvalue weighted by atomic mass is 16.5. The Morgan fingerprint density at radius 1 is 0.935 bits per heavy atom. The lowest BCUT2D eigenvalue weighted by molar-refractivity contribution is -0.142. The molecule has 0 saturated heterocycles. The van der Waals surface area contributed by atoms with Crippen LogP contribution in [0, 0.1) is 5.92 Å². The number of H-pyrrole nitrogens is 1. The van der Waals surface area contributed by atoms with Crippen LogP contribution >= 0.6 is 0 Å². The van der Waals surface area contributed by atoms with E-state index in [0.29, 0.717) is 25.7 Å². The molecule has 4 aliphatic heterocycles. The Morgan fingerprint density at radius 2 is 1.63 bits per heavy atom. The second-order valence-corrected chi connectivity index (χ2v) is 12.8. The van der Waals surface area contributed by atoms with Crippen LogP contribution < -0.4 is 16.0 Å². The van der Waals surface area contributed by atoms with E-state index < -0.39 is 16.6 Å². The number of aliphatic imine (C=N–C) groups is 2. The first-order valence-electron chi connectivity index (χ1n) is 16.0. The van der Waals surface area contributed by atoms with Crippen molar-refractivity contribution in [3.05, 3.63) is 69.0 Å². The number of aromatic nitrogens is 1. The van der Waals surface area contributed by atoms with E-state index in [-0.39, 0.29) is 43.9 Å². The first-order chi connectivity index (χ1) is 21.9. The summed E-state index contributed by atoms with van der Waals surface area (Å²) in [6.07, 6.45) is 11.8. The van der Waals surface area contributed by atoms with E-state index in [1.54, 1.807) is 0 Å². The average molecular weight is 631 g/mol. The number of allylic oxidation sites excluding steroid dienone is 3. The maximum atomic E-state index is 12.7. The van der Waals surface area contributed by atoms with Gasteiger partial charge < -0.3 is 24.7 Å². The third kappa shape index (κ3) is 5.89. The Labute approximate surface area is 270 Å². The molecule has 0 aromatic carbocycles. The van der Waals surface area contributed by atoms with Crippen LogP contribution in [0.5, 0.6) is 0 Å². The van der Waals surface area contributed by atoms with Crippen molar-refractivity contribution in [2.45, 2.75) is 82.8 Å². The number of nitrogens with one attached hydrogen (secondary N) is 2. The van der Waals surface area contributed by atoms with Crippen molar-refractivity contribution < 1.29 is 29.3 Å². The number of hydrogen-bond donors (Lipinski definition) is 4. The lowest BCUT2D eigenvalue weighted by Gasteiger charge is -2.48. The number of esters is 2. The molecule has 5 heterocycles. The molecule has 5 rings (SSSR count). The fourth-order valence-electron chi connectivity index (χ4n) is 8.11. The standard InChI is InChI=1S/C36H46N4O6/c1-22-29(11-12-32(43)45-5)36(15-13-33(44)46-6)24(3)35(16-18-42)23(2)30(14-17-41)34(4,40-35)21-28-10-9-26(38-28)19-25-7-8-27(37-25)20-31(22)39-36/h7-10,19-21,24,37,40-42H,11-18H2,1-6H3/b25-19-,27-20-,28-21-. The van der Waals surface area contributed by atoms with Crippen LogP contribution in [-0.2, 0) is 19.1 Å². The molecule has 1 aromatic heterocycles. The molecule has 0 spiro atoms. The van der Waals surface area contributed by atoms with Gasteiger partial charge in [0.2, 0.25) is 0 Å². The van der Waals surface area contributed by atoms with Crippen LogP contribution in [0.25, 0.3) is 12.2 Å². The van der Waals surface area contributed by atoms with Crippen molar-refractivity contribution >= 4 is 35.5 Å². The molecule has 1 aromatic rings. The van der Waals surface area contributed by atoms with Crippen LogP contribution in [0.2, 0.25) is 0 Å². The molecule has 4 N–H and O–H groups in total. The quantitative estimate of drug-likeness (QED) is 0.230. The monoisotopic (exact) mass is 630 g/mol. The van der Waals surface area contributed by atoms with E-state index in [2.05, 4.69) is 37.1 Å². The molecule has 4 aliphatic rings. The largest absolute Gasteiger partial charge is 0.469 e. The summed E-state index contributed by atoms with van der Waals surface area (Å²) in [7, 11) is 2.76. The van der Waals surface area contributed by atoms with Crippen molar-refractivity contribution in [3.63, 3.8) is 0 Å². The molecule has 0 radical (unpaired) electrons. The molecule has 10 heteroatoms. The van der Waals surface area contributed by atoms with Gasteiger partial charge in [0, 0.05) is 48.2 Å². The van der Waals surface area contributed by atoms with Gasteiger partial charge in [0.1, 0.15) is 0 Å². The number of carbonyl (C=O) groups excluding carboxylic acids is 2. The van der Waals surface area contributed by atoms with Gasteiger partial charge in [-0.25, -0.2) is 4.99 Å². The normalized spacial score (nSPS) is 31.0. The highest BCUT2D eigenvalue weighted by Gasteiger charge is 2.58. The summed E-state index contributed by atoms with van der Waals surface area (Å²) in [4.78, 5) is 39.1. The lowest BCUT2D eigenvalue weighted by Crippen LogP contribution is -2.61. The van der Waals surface area contributed by atoms with Gasteiger partial charge in [0.25, 0.3) is 0 Å². The number of hydrogen-bond acceptors (Lipinski definition) is 9. The van der Waals surface area contributed by atoms with Gasteiger partial charge in [-0.2, -0.15) is 0 Å². The molecule has 4 atom stereocenters. The van der Waals surface area contributed by atoms with Crippen molar-refractivity contribution in [1.82, 2.24) is 10.3 Å². The zero-order valence-electron chi connectivity index (χ0n) is 27.7. The fourth-order valence-corrected chi connectivity index (χ4v) is 8.11. The Hall–Kier alpha value is -3.86. The van der Waals surface area contributed by atoms with Crippen molar-refractivity contribution in [1.29, 1.82) is 0 Å². The number of ether oxygens (including phenoxy) is 2. The molecule has 0 aliphatic carbocycles. The maximum Gasteiger partial charge on any atom is 0.305 e. The van der Waals surface area contributed by atoms with Gasteiger partial charge in [0.15, 0.2) is 0 Å². The van der Waals surface area contributed by atoms with Crippen molar-refractivity contribution in [3.8, 4) is 0 Å². The van der Waals surface area contributed by atoms with E-state index in [9.17, 15) is 19.8 Å². The topological polar surface area (TPSA) is 146 Å². The van der Waals surface area contributed by atoms with Gasteiger partial charge in [-0.05, 0) is 106 Å². The Morgan fingerprint density at radius 3 is 2.30 bits per heavy atom. The van der Waals surface area contributed by atoms with E-state index in [0.717, 1.165) is 50.1 Å². The molecule has 246 valence electrons. The number of methoxy groups -OCH3 is 2. The molecule has 8 bridgehead atoms. The predicted molar refractivity (Wildman–Crippen MR) is 179 cm³/mol. The minimum absolute atomic E-state index is 0.0437. The summed E-state index contributed by atoms with van der Waals surface area (Å²) >= 11 is 0. The SMILES string of the molecule is COC(=O)CCC1=C(C)C2=NC1(CCC(=O)OC)C(C)C1(CCO)NC(C)(/C=C3/C=CC(=N3)/C=c3/cc/c([nH]3)=C/2)C(CCO)=C1C. The molecule has 0 saturated carbocycles. The zero-order chi connectivity index (χ0) is 33.3. The third-order valence-corrected chi connectivity index (χ3v) is 10.4. The van der Waals surface area contributed by atoms with Crippen LogP contribution in [0.4, 0.5) is 0 Å². The summed E-state index contributed by atoms with van der Waals surface area (Å²) in [5.41, 5.74) is 3.85. The van der Waals surface area contributed by atoms with Gasteiger partial charge >= 0.3 is 11.9 Å². The second kappa shape index (κ2) is 13.1. The van der Waals surface area contributed by atoms with Gasteiger partial charge in [-0.15, -0.1) is 0 Å². The van der Waals surface area contributed by atoms with E-state index in [1.165, 1.54) is 14.2 Å². The summed E-state index contributed by atoms with van der Waals surface area (Å²) < 4.78 is 10.1. The molecular weight excluding hydrogens is 584 g/mol. The van der Waals surface area contributed by atoms with Gasteiger partial charge in [-0.3, -0.25) is 19.9 Å². The highest BCUT2D eigenvalue weighted by Crippen LogP contribution is 2.54. The third-order valence-electron chi connectivity index (χ3n) is 10.4. The molecule has 46 heavy (non-hydrogen) atoms. The number of carbonyl (C=O) groups is 2. The van der Waals surface area contributed by atoms with E-state index in [1.807, 2.05) is 43.4 Å². The van der Waals surface area contributed by atoms with E-state index in [4.69, 9.17) is 19.5 Å². The first kappa shape index (κ1) is 33.5. The summed E-state index contributed by atoms with van der Waals surface area (Å²) in [6.45, 7) is 8.15. The summed E-state index contributed by atoms with van der Waals surface area (Å²) in [5, 5.41) is 26.6. The predicted octanol–water partition coefficient (Wildman–Crippen LogP) is 2.72. The minimum atomic E-state index is -0.943. The molecule has 0 fully saturated rings. The summed E-state index contributed by atoms with van der Waals surface area (Å²) in [5.74, 6) is -1.00. The number of nitrogens with zero attached hydrogens (tertiary/aromatic N) is 2. The number of rotatable bonds is 10. The van der Waals surface area contributed by atoms with Crippen LogP contribution in [-0.4, -0.2) is 82.6 Å². The average Bonchev–Trinajstić information content (AvgIpc) is 3.78. The smallest absolute Gasteiger partial charge is 0.305 e. The Balaban J connectivity index is 1.84. The minimum Gasteiger partial charge on any atom is -0.469 e. The highest BCUT2D eigenvalue weighted by molar-refractivity contribution is 6.22. The Kier molecular flexibility index (Phi) is 9.54. The van der Waals surface area contributed by atoms with Crippen molar-refractivity contribution in [2.24, 2.45) is 15.9 Å². The van der Waals surface area contributed by atoms with Crippen LogP contribution in [0.1, 0.15) is 66.2 Å². The van der Waals surface area contributed by atoms with Crippen LogP contribution in [0.3, 0.4) is 0 Å². The zero-order valence-corrected chi connectivity index (χ0v) is 27.7. The van der Waals surface area contributed by atoms with Gasteiger partial charge in [0.05, 0.1) is 42.4 Å². The van der Waals surface area contributed by atoms with Gasteiger partial charge in [-0.1, -0.05) is 12.5 Å². The molecule has 10 nitrogen and oxygen atoms in total. The van der Waals surface area contributed by atoms with Crippen molar-refractivity contribution in [2.75, 3.05) is 27.4 Å². The second-order valence-electron chi connectivity index (χ2n) is 12.8. The number of aromatic amines is 1. The molecule has 0 amide bonds. The van der Waals surface area contributed by atoms with Crippen LogP contribution in [0.15, 0.2) is 68.3 Å². The molecular formula is C36H46N4O6. The first-order valence-corrected chi connectivity index (χ1v) is 16.0. The number of fused-ring (bicyclic) bond motifs is 6. The molecule has 4 unspecified atom stereocenters. The summed E-state index contributed by atoms with van der Waals surface area (Å²) in [6, 6.07) is 3.99. The Bertz CT molecular complexity index is 1730. The number of aliphatic hydroxyl groups excluding tert-OH is 2. The van der Waals surface area contributed by atoms with E-state index >= 15 is 0 Å².